The van der Waals surface area contributed by atoms with Crippen LogP contribution in [0.2, 0.25) is 0 Å². The third-order valence-corrected chi connectivity index (χ3v) is 3.40. The largest absolute Gasteiger partial charge is 0.481 e. The molecule has 0 aromatic heterocycles. The summed E-state index contributed by atoms with van der Waals surface area (Å²) in [6.45, 7) is 1.09. The summed E-state index contributed by atoms with van der Waals surface area (Å²) in [5.41, 5.74) is -1.10. The highest BCUT2D eigenvalue weighted by Crippen LogP contribution is 2.40. The summed E-state index contributed by atoms with van der Waals surface area (Å²) >= 11 is 0. The first-order valence-corrected chi connectivity index (χ1v) is 5.97. The van der Waals surface area contributed by atoms with E-state index in [4.69, 9.17) is 10.8 Å². The van der Waals surface area contributed by atoms with Gasteiger partial charge in [-0.1, -0.05) is 6.92 Å². The van der Waals surface area contributed by atoms with E-state index in [0.29, 0.717) is 0 Å². The maximum atomic E-state index is 11.6. The molecule has 11 nitrogen and oxygen atoms in total. The molecule has 0 saturated heterocycles. The zero-order valence-electron chi connectivity index (χ0n) is 11.5. The van der Waals surface area contributed by atoms with Gasteiger partial charge in [0.05, 0.1) is 0 Å². The molecule has 22 heavy (non-hydrogen) atoms. The number of carboxylic acid groups (broad SMARTS) is 4. The Kier molecular flexibility index (Phi) is 5.86. The molecule has 0 aromatic carbocycles. The van der Waals surface area contributed by atoms with E-state index < -0.39 is 60.1 Å². The van der Waals surface area contributed by atoms with Crippen molar-refractivity contribution >= 4 is 29.9 Å². The maximum absolute atomic E-state index is 11.6. The third kappa shape index (κ3) is 3.07. The van der Waals surface area contributed by atoms with Crippen molar-refractivity contribution in [3.8, 4) is 0 Å². The molecule has 124 valence electrons. The second-order valence-electron chi connectivity index (χ2n) is 4.46. The van der Waals surface area contributed by atoms with Crippen LogP contribution in [0.3, 0.4) is 0 Å². The molecule has 0 heterocycles. The number of amides is 2. The Hall–Kier alpha value is -2.85. The van der Waals surface area contributed by atoms with Crippen LogP contribution in [0.15, 0.2) is 0 Å². The molecule has 0 radical (unpaired) electrons. The third-order valence-electron chi connectivity index (χ3n) is 3.40. The number of primary amides is 1. The van der Waals surface area contributed by atoms with Gasteiger partial charge in [0, 0.05) is 6.42 Å². The lowest BCUT2D eigenvalue weighted by molar-refractivity contribution is -0.181. The fraction of sp³-hybridized carbons (Fsp3) is 0.545. The predicted octanol–water partition coefficient (Wildman–Crippen LogP) is -1.09. The number of urea groups is 1. The number of carbonyl (C=O) groups is 5. The normalized spacial score (nSPS) is 13.7. The molecular formula is C11H16N2O9. The summed E-state index contributed by atoms with van der Waals surface area (Å²) in [6.07, 6.45) is -2.61. The van der Waals surface area contributed by atoms with E-state index in [1.807, 2.05) is 0 Å². The molecule has 7 N–H and O–H groups in total. The fourth-order valence-corrected chi connectivity index (χ4v) is 2.29. The molecule has 0 spiro atoms. The van der Waals surface area contributed by atoms with Crippen molar-refractivity contribution < 1.29 is 44.4 Å². The molecule has 2 amide bonds. The zero-order chi connectivity index (χ0) is 17.7. The molecule has 11 heteroatoms. The van der Waals surface area contributed by atoms with Gasteiger partial charge < -0.3 is 31.5 Å². The van der Waals surface area contributed by atoms with E-state index in [1.165, 1.54) is 0 Å². The molecule has 1 atom stereocenters. The Morgan fingerprint density at radius 1 is 0.955 bits per heavy atom. The average molecular weight is 320 g/mol. The average Bonchev–Trinajstić information content (AvgIpc) is 2.34. The van der Waals surface area contributed by atoms with Crippen LogP contribution in [0.1, 0.15) is 26.2 Å². The first-order chi connectivity index (χ1) is 9.97. The lowest BCUT2D eigenvalue weighted by atomic mass is 9.65. The van der Waals surface area contributed by atoms with Gasteiger partial charge in [-0.25, -0.2) is 9.59 Å². The highest BCUT2D eigenvalue weighted by atomic mass is 16.4. The van der Waals surface area contributed by atoms with Crippen LogP contribution in [0.25, 0.3) is 0 Å². The van der Waals surface area contributed by atoms with Gasteiger partial charge in [-0.15, -0.1) is 0 Å². The summed E-state index contributed by atoms with van der Waals surface area (Å²) in [5, 5.41) is 38.2. The predicted molar refractivity (Wildman–Crippen MR) is 68.0 cm³/mol. The maximum Gasteiger partial charge on any atom is 0.331 e. The smallest absolute Gasteiger partial charge is 0.331 e. The van der Waals surface area contributed by atoms with Crippen molar-refractivity contribution in [3.63, 3.8) is 0 Å². The molecule has 0 fully saturated rings. The molecule has 0 aliphatic rings. The number of hydrogen-bond acceptors (Lipinski definition) is 5. The van der Waals surface area contributed by atoms with Crippen molar-refractivity contribution in [3.05, 3.63) is 0 Å². The van der Waals surface area contributed by atoms with Crippen molar-refractivity contribution in [1.82, 2.24) is 5.32 Å². The van der Waals surface area contributed by atoms with E-state index in [-0.39, 0.29) is 0 Å². The number of nitrogens with one attached hydrogen (secondary N) is 1. The van der Waals surface area contributed by atoms with Gasteiger partial charge in [0.15, 0.2) is 11.0 Å². The standard InChI is InChI=1S/C11H16N2O9/c1-2-10(6(16)17,7(18)19)11(8(20)21,13-9(12)22)4-3-5(14)15/h2-4H2,1H3,(H,14,15)(H,16,17)(H,18,19)(H,20,21)(H3,12,13,22). The Morgan fingerprint density at radius 2 is 1.41 bits per heavy atom. The summed E-state index contributed by atoms with van der Waals surface area (Å²) in [5.74, 6) is -7.59. The number of nitrogens with two attached hydrogens (primary N) is 1. The van der Waals surface area contributed by atoms with Crippen molar-refractivity contribution in [1.29, 1.82) is 0 Å². The Morgan fingerprint density at radius 3 is 1.64 bits per heavy atom. The number of carboxylic acids is 4. The Bertz CT molecular complexity index is 502. The van der Waals surface area contributed by atoms with Crippen LogP contribution >= 0.6 is 0 Å². The van der Waals surface area contributed by atoms with Gasteiger partial charge in [0.2, 0.25) is 0 Å². The van der Waals surface area contributed by atoms with Gasteiger partial charge in [0.1, 0.15) is 0 Å². The Balaban J connectivity index is 6.46. The number of carbonyl (C=O) groups excluding carboxylic acids is 1. The molecule has 0 aromatic rings. The van der Waals surface area contributed by atoms with E-state index in [1.54, 1.807) is 5.32 Å². The molecule has 0 bridgehead atoms. The minimum Gasteiger partial charge on any atom is -0.481 e. The summed E-state index contributed by atoms with van der Waals surface area (Å²) < 4.78 is 0. The molecule has 1 unspecified atom stereocenters. The van der Waals surface area contributed by atoms with Crippen LogP contribution < -0.4 is 11.1 Å². The van der Waals surface area contributed by atoms with Crippen LogP contribution in [-0.2, 0) is 19.2 Å². The minimum atomic E-state index is -3.00. The zero-order valence-corrected chi connectivity index (χ0v) is 11.5. The fourth-order valence-electron chi connectivity index (χ4n) is 2.29. The van der Waals surface area contributed by atoms with Gasteiger partial charge in [-0.05, 0) is 12.8 Å². The number of rotatable bonds is 9. The minimum absolute atomic E-state index is 0.732. The van der Waals surface area contributed by atoms with Crippen molar-refractivity contribution in [2.45, 2.75) is 31.7 Å². The van der Waals surface area contributed by atoms with Crippen LogP contribution in [0.4, 0.5) is 4.79 Å². The number of hydrogen-bond donors (Lipinski definition) is 6. The lowest BCUT2D eigenvalue weighted by Crippen LogP contribution is -2.71. The Labute approximate surface area is 123 Å². The summed E-state index contributed by atoms with van der Waals surface area (Å²) in [7, 11) is 0. The molecular weight excluding hydrogens is 304 g/mol. The van der Waals surface area contributed by atoms with Gasteiger partial charge in [-0.2, -0.15) is 0 Å². The second-order valence-corrected chi connectivity index (χ2v) is 4.46. The molecule has 0 aliphatic heterocycles. The van der Waals surface area contributed by atoms with E-state index in [9.17, 15) is 39.3 Å². The number of aliphatic carboxylic acids is 4. The summed E-state index contributed by atoms with van der Waals surface area (Å²) in [4.78, 5) is 56.3. The van der Waals surface area contributed by atoms with Crippen molar-refractivity contribution in [2.24, 2.45) is 11.1 Å². The quantitative estimate of drug-likeness (QED) is 0.285. The second kappa shape index (κ2) is 6.74. The van der Waals surface area contributed by atoms with E-state index in [0.717, 1.165) is 6.92 Å². The topological polar surface area (TPSA) is 204 Å². The van der Waals surface area contributed by atoms with Crippen LogP contribution in [0, 0.1) is 5.41 Å². The first kappa shape index (κ1) is 19.1. The lowest BCUT2D eigenvalue weighted by Gasteiger charge is -2.41. The van der Waals surface area contributed by atoms with Gasteiger partial charge in [-0.3, -0.25) is 14.4 Å². The summed E-state index contributed by atoms with van der Waals surface area (Å²) in [6, 6.07) is -1.49. The molecule has 0 aliphatic carbocycles. The van der Waals surface area contributed by atoms with Crippen LogP contribution in [-0.4, -0.2) is 55.9 Å². The first-order valence-electron chi connectivity index (χ1n) is 5.97. The van der Waals surface area contributed by atoms with E-state index >= 15 is 0 Å². The van der Waals surface area contributed by atoms with E-state index in [2.05, 4.69) is 0 Å². The van der Waals surface area contributed by atoms with Crippen molar-refractivity contribution in [2.75, 3.05) is 0 Å². The molecule has 0 rings (SSSR count). The highest BCUT2D eigenvalue weighted by Gasteiger charge is 2.66. The van der Waals surface area contributed by atoms with Crippen LogP contribution in [0.5, 0.6) is 0 Å². The van der Waals surface area contributed by atoms with Gasteiger partial charge in [0.25, 0.3) is 0 Å². The highest BCUT2D eigenvalue weighted by molar-refractivity contribution is 6.07. The monoisotopic (exact) mass is 320 g/mol. The molecule has 0 saturated carbocycles. The van der Waals surface area contributed by atoms with Gasteiger partial charge >= 0.3 is 29.9 Å². The SMILES string of the molecule is CCC(C(=O)O)(C(=O)O)C(CCC(=O)O)(NC(N)=O)C(=O)O.